The third-order valence-electron chi connectivity index (χ3n) is 4.23. The average Bonchev–Trinajstić information content (AvgIpc) is 3.09. The van der Waals surface area contributed by atoms with Crippen molar-refractivity contribution in [1.29, 1.82) is 0 Å². The zero-order valence-corrected chi connectivity index (χ0v) is 17.3. The number of hydrogen-bond acceptors (Lipinski definition) is 5. The Morgan fingerprint density at radius 2 is 1.93 bits per heavy atom. The molecule has 0 aliphatic rings. The Kier molecular flexibility index (Phi) is 7.94. The van der Waals surface area contributed by atoms with Crippen LogP contribution in [0.1, 0.15) is 39.0 Å². The maximum atomic E-state index is 12.3. The molecule has 7 heteroatoms. The molecule has 146 valence electrons. The number of likely N-dealkylation sites (N-methyl/N-ethyl adjacent to an activating group) is 2. The highest BCUT2D eigenvalue weighted by molar-refractivity contribution is 7.14. The second-order valence-electron chi connectivity index (χ2n) is 6.21. The standard InChI is InChI=1S/C20H28N4O2S/c1-5-16-10-8-9-11-18(16)24(15(4)25)20-22-17(14-27-20)12-23(7-3)13-19(26)21-6-2/h8-11,14H,5-7,12-13H2,1-4H3,(H,21,26). The van der Waals surface area contributed by atoms with Crippen molar-refractivity contribution in [2.24, 2.45) is 0 Å². The molecule has 27 heavy (non-hydrogen) atoms. The second-order valence-corrected chi connectivity index (χ2v) is 7.05. The van der Waals surface area contributed by atoms with E-state index >= 15 is 0 Å². The van der Waals surface area contributed by atoms with Crippen LogP contribution in [0.5, 0.6) is 0 Å². The first kappa shape index (κ1) is 21.1. The number of rotatable bonds is 9. The summed E-state index contributed by atoms with van der Waals surface area (Å²) in [6.07, 6.45) is 0.842. The summed E-state index contributed by atoms with van der Waals surface area (Å²) < 4.78 is 0. The summed E-state index contributed by atoms with van der Waals surface area (Å²) in [5, 5.41) is 5.44. The Hall–Kier alpha value is -2.25. The lowest BCUT2D eigenvalue weighted by Crippen LogP contribution is -2.36. The molecule has 0 radical (unpaired) electrons. The maximum Gasteiger partial charge on any atom is 0.234 e. The number of nitrogens with zero attached hydrogens (tertiary/aromatic N) is 3. The molecule has 0 unspecified atom stereocenters. The van der Waals surface area contributed by atoms with Crippen LogP contribution in [0.3, 0.4) is 0 Å². The van der Waals surface area contributed by atoms with Crippen LogP contribution in [-0.2, 0) is 22.6 Å². The predicted molar refractivity (Wildman–Crippen MR) is 110 cm³/mol. The number of aryl methyl sites for hydroxylation is 1. The van der Waals surface area contributed by atoms with Crippen LogP contribution in [0, 0.1) is 0 Å². The van der Waals surface area contributed by atoms with E-state index in [1.54, 1.807) is 11.8 Å². The highest BCUT2D eigenvalue weighted by Crippen LogP contribution is 2.31. The average molecular weight is 389 g/mol. The summed E-state index contributed by atoms with van der Waals surface area (Å²) in [5.74, 6) is -0.0523. The lowest BCUT2D eigenvalue weighted by molar-refractivity contribution is -0.122. The largest absolute Gasteiger partial charge is 0.355 e. The van der Waals surface area contributed by atoms with E-state index < -0.39 is 0 Å². The molecule has 0 spiro atoms. The van der Waals surface area contributed by atoms with Crippen LogP contribution in [0.2, 0.25) is 0 Å². The summed E-state index contributed by atoms with van der Waals surface area (Å²) in [6, 6.07) is 7.90. The van der Waals surface area contributed by atoms with Gasteiger partial charge in [-0.25, -0.2) is 4.98 Å². The van der Waals surface area contributed by atoms with Crippen molar-refractivity contribution in [1.82, 2.24) is 15.2 Å². The number of para-hydroxylation sites is 1. The Morgan fingerprint density at radius 1 is 1.19 bits per heavy atom. The van der Waals surface area contributed by atoms with Gasteiger partial charge in [0.1, 0.15) is 0 Å². The van der Waals surface area contributed by atoms with E-state index in [-0.39, 0.29) is 11.8 Å². The summed E-state index contributed by atoms with van der Waals surface area (Å²) in [4.78, 5) is 32.6. The molecule has 0 saturated heterocycles. The molecular formula is C20H28N4O2S. The predicted octanol–water partition coefficient (Wildman–Crippen LogP) is 3.35. The molecule has 2 rings (SSSR count). The Morgan fingerprint density at radius 3 is 2.56 bits per heavy atom. The van der Waals surface area contributed by atoms with Crippen LogP contribution in [0.15, 0.2) is 29.6 Å². The van der Waals surface area contributed by atoms with Gasteiger partial charge in [-0.3, -0.25) is 19.4 Å². The number of anilines is 2. The number of hydrogen-bond donors (Lipinski definition) is 1. The van der Waals surface area contributed by atoms with Crippen molar-refractivity contribution in [3.05, 3.63) is 40.9 Å². The van der Waals surface area contributed by atoms with Crippen molar-refractivity contribution < 1.29 is 9.59 Å². The smallest absolute Gasteiger partial charge is 0.234 e. The van der Waals surface area contributed by atoms with Gasteiger partial charge in [-0.2, -0.15) is 0 Å². The van der Waals surface area contributed by atoms with Gasteiger partial charge < -0.3 is 5.32 Å². The third kappa shape index (κ3) is 5.61. The monoisotopic (exact) mass is 388 g/mol. The van der Waals surface area contributed by atoms with Crippen LogP contribution in [0.4, 0.5) is 10.8 Å². The minimum atomic E-state index is -0.0635. The molecule has 2 aromatic rings. The van der Waals surface area contributed by atoms with E-state index in [1.165, 1.54) is 11.3 Å². The zero-order valence-electron chi connectivity index (χ0n) is 16.5. The van der Waals surface area contributed by atoms with Crippen molar-refractivity contribution in [2.45, 2.75) is 40.7 Å². The van der Waals surface area contributed by atoms with Gasteiger partial charge >= 0.3 is 0 Å². The van der Waals surface area contributed by atoms with Gasteiger partial charge in [0.25, 0.3) is 0 Å². The van der Waals surface area contributed by atoms with E-state index in [4.69, 9.17) is 0 Å². The van der Waals surface area contributed by atoms with Gasteiger partial charge in [0.15, 0.2) is 5.13 Å². The number of aromatic nitrogens is 1. The van der Waals surface area contributed by atoms with Gasteiger partial charge in [0.05, 0.1) is 17.9 Å². The summed E-state index contributed by atoms with van der Waals surface area (Å²) >= 11 is 1.45. The fourth-order valence-electron chi connectivity index (χ4n) is 2.87. The number of nitrogens with one attached hydrogen (secondary N) is 1. The highest BCUT2D eigenvalue weighted by atomic mass is 32.1. The Balaban J connectivity index is 2.20. The summed E-state index contributed by atoms with van der Waals surface area (Å²) in [5.41, 5.74) is 2.85. The van der Waals surface area contributed by atoms with E-state index in [0.717, 1.165) is 29.9 Å². The molecule has 2 amide bonds. The number of benzene rings is 1. The molecule has 0 aliphatic carbocycles. The first-order valence-electron chi connectivity index (χ1n) is 9.32. The van der Waals surface area contributed by atoms with Gasteiger partial charge in [0.2, 0.25) is 11.8 Å². The lowest BCUT2D eigenvalue weighted by atomic mass is 10.1. The van der Waals surface area contributed by atoms with Crippen LogP contribution < -0.4 is 10.2 Å². The minimum absolute atomic E-state index is 0.0111. The van der Waals surface area contributed by atoms with E-state index in [9.17, 15) is 9.59 Å². The molecular weight excluding hydrogens is 360 g/mol. The molecule has 0 fully saturated rings. The Bertz CT molecular complexity index is 775. The fourth-order valence-corrected chi connectivity index (χ4v) is 3.74. The number of carbonyl (C=O) groups is 2. The number of amides is 2. The highest BCUT2D eigenvalue weighted by Gasteiger charge is 2.20. The van der Waals surface area contributed by atoms with E-state index in [0.29, 0.717) is 24.8 Å². The summed E-state index contributed by atoms with van der Waals surface area (Å²) in [7, 11) is 0. The first-order valence-corrected chi connectivity index (χ1v) is 10.2. The quantitative estimate of drug-likeness (QED) is 0.715. The Labute approximate surface area is 165 Å². The van der Waals surface area contributed by atoms with Crippen LogP contribution >= 0.6 is 11.3 Å². The van der Waals surface area contributed by atoms with Gasteiger partial charge in [0, 0.05) is 25.4 Å². The first-order chi connectivity index (χ1) is 13.0. The van der Waals surface area contributed by atoms with Crippen LogP contribution in [-0.4, -0.2) is 41.3 Å². The lowest BCUT2D eigenvalue weighted by Gasteiger charge is -2.21. The molecule has 1 aromatic heterocycles. The SMILES string of the molecule is CCNC(=O)CN(CC)Cc1csc(N(C(C)=O)c2ccccc2CC)n1. The molecule has 1 heterocycles. The molecule has 0 atom stereocenters. The van der Waals surface area contributed by atoms with Crippen molar-refractivity contribution in [3.8, 4) is 0 Å². The zero-order chi connectivity index (χ0) is 19.8. The van der Waals surface area contributed by atoms with Gasteiger partial charge in [-0.05, 0) is 31.5 Å². The minimum Gasteiger partial charge on any atom is -0.355 e. The topological polar surface area (TPSA) is 65.5 Å². The van der Waals surface area contributed by atoms with E-state index in [1.807, 2.05) is 48.4 Å². The third-order valence-corrected chi connectivity index (χ3v) is 5.11. The molecule has 6 nitrogen and oxygen atoms in total. The van der Waals surface area contributed by atoms with E-state index in [2.05, 4.69) is 17.2 Å². The second kappa shape index (κ2) is 10.2. The number of carbonyl (C=O) groups excluding carboxylic acids is 2. The maximum absolute atomic E-state index is 12.3. The molecule has 0 bridgehead atoms. The molecule has 0 saturated carbocycles. The fraction of sp³-hybridized carbons (Fsp3) is 0.450. The van der Waals surface area contributed by atoms with Crippen molar-refractivity contribution in [2.75, 3.05) is 24.5 Å². The van der Waals surface area contributed by atoms with Crippen molar-refractivity contribution in [3.63, 3.8) is 0 Å². The summed E-state index contributed by atoms with van der Waals surface area (Å²) in [6.45, 7) is 9.85. The molecule has 1 aromatic carbocycles. The van der Waals surface area contributed by atoms with Crippen LogP contribution in [0.25, 0.3) is 0 Å². The normalized spacial score (nSPS) is 10.9. The van der Waals surface area contributed by atoms with Crippen molar-refractivity contribution >= 4 is 34.0 Å². The number of thiazole rings is 1. The van der Waals surface area contributed by atoms with Gasteiger partial charge in [-0.15, -0.1) is 11.3 Å². The molecule has 1 N–H and O–H groups in total. The van der Waals surface area contributed by atoms with Gasteiger partial charge in [-0.1, -0.05) is 32.0 Å². The molecule has 0 aliphatic heterocycles.